The summed E-state index contributed by atoms with van der Waals surface area (Å²) in [5.41, 5.74) is 0.858. The highest BCUT2D eigenvalue weighted by Crippen LogP contribution is 2.11. The molecule has 3 nitrogen and oxygen atoms in total. The Labute approximate surface area is 83.4 Å². The molecule has 1 N–H and O–H groups in total. The van der Waals surface area contributed by atoms with Crippen LogP contribution in [-0.2, 0) is 16.1 Å². The van der Waals surface area contributed by atoms with Crippen LogP contribution in [0.2, 0.25) is 0 Å². The predicted molar refractivity (Wildman–Crippen MR) is 51.6 cm³/mol. The van der Waals surface area contributed by atoms with Gasteiger partial charge in [-0.1, -0.05) is 18.2 Å². The zero-order valence-electron chi connectivity index (χ0n) is 6.16. The zero-order chi connectivity index (χ0) is 8.97. The van der Waals surface area contributed by atoms with Crippen LogP contribution in [0.25, 0.3) is 0 Å². The van der Waals surface area contributed by atoms with Crippen LogP contribution in [0.4, 0.5) is 0 Å². The van der Waals surface area contributed by atoms with E-state index in [4.69, 9.17) is 5.26 Å². The molecule has 1 aromatic carbocycles. The first kappa shape index (κ1) is 9.47. The largest absolute Gasteiger partial charge is 0.346 e. The smallest absolute Gasteiger partial charge is 0.301 e. The second kappa shape index (κ2) is 4.42. The molecule has 1 rings (SSSR count). The lowest BCUT2D eigenvalue weighted by Gasteiger charge is -2.00. The lowest BCUT2D eigenvalue weighted by molar-refractivity contribution is -0.233. The van der Waals surface area contributed by atoms with Gasteiger partial charge in [0.25, 0.3) is 0 Å². The van der Waals surface area contributed by atoms with Crippen molar-refractivity contribution in [3.63, 3.8) is 0 Å². The molecule has 0 aromatic heterocycles. The monoisotopic (exact) mass is 278 g/mol. The highest BCUT2D eigenvalue weighted by atomic mass is 127. The number of hydrogen-bond donors (Lipinski definition) is 1. The molecule has 0 atom stereocenters. The van der Waals surface area contributed by atoms with Gasteiger partial charge >= 0.3 is 5.97 Å². The molecule has 0 spiro atoms. The van der Waals surface area contributed by atoms with Crippen molar-refractivity contribution in [2.24, 2.45) is 0 Å². The second-order valence-electron chi connectivity index (χ2n) is 2.23. The Kier molecular flexibility index (Phi) is 3.48. The summed E-state index contributed by atoms with van der Waals surface area (Å²) in [4.78, 5) is 14.2. The summed E-state index contributed by atoms with van der Waals surface area (Å²) in [5.74, 6) is -0.640. The van der Waals surface area contributed by atoms with Crippen LogP contribution in [0.15, 0.2) is 24.3 Å². The first-order chi connectivity index (χ1) is 5.74. The van der Waals surface area contributed by atoms with Gasteiger partial charge in [0.1, 0.15) is 0 Å². The molecular weight excluding hydrogens is 271 g/mol. The van der Waals surface area contributed by atoms with Crippen molar-refractivity contribution in [2.45, 2.75) is 6.42 Å². The Hall–Kier alpha value is -0.620. The van der Waals surface area contributed by atoms with Crippen LogP contribution in [0.3, 0.4) is 0 Å². The Morgan fingerprint density at radius 1 is 1.50 bits per heavy atom. The van der Waals surface area contributed by atoms with Crippen molar-refractivity contribution in [2.75, 3.05) is 0 Å². The molecule has 64 valence electrons. The van der Waals surface area contributed by atoms with Crippen LogP contribution in [0.5, 0.6) is 0 Å². The molecule has 1 aromatic rings. The second-order valence-corrected chi connectivity index (χ2v) is 3.39. The fourth-order valence-electron chi connectivity index (χ4n) is 0.830. The third-order valence-electron chi connectivity index (χ3n) is 1.39. The zero-order valence-corrected chi connectivity index (χ0v) is 8.32. The Bertz CT molecular complexity index is 285. The normalized spacial score (nSPS) is 9.50. The van der Waals surface area contributed by atoms with Crippen LogP contribution in [0.1, 0.15) is 5.56 Å². The van der Waals surface area contributed by atoms with Gasteiger partial charge in [-0.25, -0.2) is 4.79 Å². The van der Waals surface area contributed by atoms with Crippen molar-refractivity contribution < 1.29 is 14.9 Å². The average molecular weight is 278 g/mol. The number of rotatable bonds is 2. The van der Waals surface area contributed by atoms with E-state index in [1.165, 1.54) is 0 Å². The van der Waals surface area contributed by atoms with Gasteiger partial charge in [0.05, 0.1) is 6.42 Å². The molecule has 0 unspecified atom stereocenters. The number of carbonyl (C=O) groups is 1. The third kappa shape index (κ3) is 2.46. The highest BCUT2D eigenvalue weighted by Gasteiger charge is 2.06. The van der Waals surface area contributed by atoms with Crippen LogP contribution in [-0.4, -0.2) is 11.2 Å². The maximum absolute atomic E-state index is 10.7. The Morgan fingerprint density at radius 3 is 2.75 bits per heavy atom. The lowest BCUT2D eigenvalue weighted by Crippen LogP contribution is -2.05. The third-order valence-corrected chi connectivity index (χ3v) is 2.45. The van der Waals surface area contributed by atoms with Gasteiger partial charge in [-0.05, 0) is 34.2 Å². The predicted octanol–water partition coefficient (Wildman–Crippen LogP) is 1.85. The molecule has 0 saturated heterocycles. The van der Waals surface area contributed by atoms with Gasteiger partial charge in [-0.2, -0.15) is 5.26 Å². The molecule has 0 aliphatic rings. The fraction of sp³-hybridized carbons (Fsp3) is 0.125. The lowest BCUT2D eigenvalue weighted by atomic mass is 10.2. The first-order valence-corrected chi connectivity index (χ1v) is 4.39. The minimum Gasteiger partial charge on any atom is -0.301 e. The Balaban J connectivity index is 2.75. The summed E-state index contributed by atoms with van der Waals surface area (Å²) in [6.07, 6.45) is 0.107. The van der Waals surface area contributed by atoms with Crippen LogP contribution in [0, 0.1) is 3.57 Å². The van der Waals surface area contributed by atoms with Crippen molar-refractivity contribution in [3.8, 4) is 0 Å². The maximum Gasteiger partial charge on any atom is 0.346 e. The molecule has 0 fully saturated rings. The van der Waals surface area contributed by atoms with E-state index in [1.54, 1.807) is 0 Å². The minimum atomic E-state index is -0.640. The summed E-state index contributed by atoms with van der Waals surface area (Å²) in [7, 11) is 0. The van der Waals surface area contributed by atoms with E-state index in [9.17, 15) is 4.79 Å². The van der Waals surface area contributed by atoms with Crippen molar-refractivity contribution in [3.05, 3.63) is 33.4 Å². The Morgan fingerprint density at radius 2 is 2.17 bits per heavy atom. The SMILES string of the molecule is O=C(Cc1ccccc1I)OO. The molecular formula is C8H7IO3. The standard InChI is InChI=1S/C8H7IO3/c9-7-4-2-1-3-6(7)5-8(10)12-11/h1-4,11H,5H2. The minimum absolute atomic E-state index is 0.107. The van der Waals surface area contributed by atoms with E-state index in [0.29, 0.717) is 0 Å². The summed E-state index contributed by atoms with van der Waals surface area (Å²) >= 11 is 2.12. The van der Waals surface area contributed by atoms with Gasteiger partial charge in [0, 0.05) is 3.57 Å². The molecule has 0 bridgehead atoms. The number of benzene rings is 1. The number of carbonyl (C=O) groups excluding carboxylic acids is 1. The van der Waals surface area contributed by atoms with Crippen molar-refractivity contribution >= 4 is 28.6 Å². The molecule has 0 saturated carbocycles. The van der Waals surface area contributed by atoms with Gasteiger partial charge < -0.3 is 4.89 Å². The van der Waals surface area contributed by atoms with E-state index >= 15 is 0 Å². The highest BCUT2D eigenvalue weighted by molar-refractivity contribution is 14.1. The van der Waals surface area contributed by atoms with E-state index in [1.807, 2.05) is 24.3 Å². The van der Waals surface area contributed by atoms with Gasteiger partial charge in [-0.3, -0.25) is 0 Å². The summed E-state index contributed by atoms with van der Waals surface area (Å²) in [6, 6.07) is 7.43. The molecule has 0 aliphatic heterocycles. The van der Waals surface area contributed by atoms with Crippen molar-refractivity contribution in [1.29, 1.82) is 0 Å². The number of hydrogen-bond acceptors (Lipinski definition) is 3. The molecule has 12 heavy (non-hydrogen) atoms. The summed E-state index contributed by atoms with van der Waals surface area (Å²) in [6.45, 7) is 0. The molecule has 0 amide bonds. The molecule has 0 heterocycles. The molecule has 4 heteroatoms. The number of halogens is 1. The van der Waals surface area contributed by atoms with E-state index in [2.05, 4.69) is 27.5 Å². The van der Waals surface area contributed by atoms with Crippen LogP contribution >= 0.6 is 22.6 Å². The van der Waals surface area contributed by atoms with Gasteiger partial charge in [0.15, 0.2) is 0 Å². The topological polar surface area (TPSA) is 46.5 Å². The fourth-order valence-corrected chi connectivity index (χ4v) is 1.41. The van der Waals surface area contributed by atoms with Crippen LogP contribution < -0.4 is 0 Å². The van der Waals surface area contributed by atoms with E-state index in [-0.39, 0.29) is 6.42 Å². The quantitative estimate of drug-likeness (QED) is 0.510. The van der Waals surface area contributed by atoms with Gasteiger partial charge in [0.2, 0.25) is 0 Å². The summed E-state index contributed by atoms with van der Waals surface area (Å²) < 4.78 is 0.987. The summed E-state index contributed by atoms with van der Waals surface area (Å²) in [5, 5.41) is 8.03. The van der Waals surface area contributed by atoms with E-state index < -0.39 is 5.97 Å². The maximum atomic E-state index is 10.7. The average Bonchev–Trinajstić information content (AvgIpc) is 2.09. The van der Waals surface area contributed by atoms with E-state index in [0.717, 1.165) is 9.13 Å². The molecule has 0 radical (unpaired) electrons. The first-order valence-electron chi connectivity index (χ1n) is 3.31. The van der Waals surface area contributed by atoms with Gasteiger partial charge in [-0.15, -0.1) is 0 Å². The van der Waals surface area contributed by atoms with Crippen molar-refractivity contribution in [1.82, 2.24) is 0 Å². The molecule has 0 aliphatic carbocycles.